The van der Waals surface area contributed by atoms with Crippen LogP contribution in [0.2, 0.25) is 0 Å². The molecule has 1 aliphatic heterocycles. The summed E-state index contributed by atoms with van der Waals surface area (Å²) in [5.74, 6) is 1.31. The number of ether oxygens (including phenoxy) is 1. The van der Waals surface area contributed by atoms with Crippen molar-refractivity contribution in [1.82, 2.24) is 0 Å². The van der Waals surface area contributed by atoms with Gasteiger partial charge in [-0.1, -0.05) is 45.8 Å². The molecule has 0 N–H and O–H groups in total. The van der Waals surface area contributed by atoms with Crippen LogP contribution >= 0.6 is 0 Å². The molecule has 1 fully saturated rings. The summed E-state index contributed by atoms with van der Waals surface area (Å²) >= 11 is 0. The molecule has 1 heterocycles. The molecule has 1 aliphatic rings. The predicted octanol–water partition coefficient (Wildman–Crippen LogP) is 4.18. The highest BCUT2D eigenvalue weighted by Gasteiger charge is 2.26. The maximum absolute atomic E-state index is 5.86. The van der Waals surface area contributed by atoms with Crippen LogP contribution in [0.3, 0.4) is 0 Å². The Hall–Kier alpha value is -0.300. The lowest BCUT2D eigenvalue weighted by Gasteiger charge is -2.32. The van der Waals surface area contributed by atoms with Crippen molar-refractivity contribution in [2.75, 3.05) is 6.61 Å². The van der Waals surface area contributed by atoms with Crippen LogP contribution in [0.1, 0.15) is 52.9 Å². The Morgan fingerprint density at radius 2 is 2.20 bits per heavy atom. The van der Waals surface area contributed by atoms with Crippen molar-refractivity contribution in [1.29, 1.82) is 0 Å². The van der Waals surface area contributed by atoms with Gasteiger partial charge < -0.3 is 4.74 Å². The summed E-state index contributed by atoms with van der Waals surface area (Å²) in [6.45, 7) is 7.74. The average molecular weight is 210 g/mol. The third kappa shape index (κ3) is 4.38. The lowest BCUT2D eigenvalue weighted by Crippen LogP contribution is -2.32. The molecule has 0 amide bonds. The summed E-state index contributed by atoms with van der Waals surface area (Å²) in [4.78, 5) is 0. The second-order valence-corrected chi connectivity index (χ2v) is 4.96. The molecule has 1 nitrogen and oxygen atoms in total. The second-order valence-electron chi connectivity index (χ2n) is 4.96. The zero-order valence-corrected chi connectivity index (χ0v) is 10.5. The van der Waals surface area contributed by atoms with Crippen LogP contribution in [0, 0.1) is 11.8 Å². The fourth-order valence-corrected chi connectivity index (χ4v) is 2.31. The van der Waals surface area contributed by atoms with Gasteiger partial charge in [0.1, 0.15) is 0 Å². The molecule has 0 unspecified atom stereocenters. The minimum Gasteiger partial charge on any atom is -0.377 e. The van der Waals surface area contributed by atoms with Crippen molar-refractivity contribution in [2.24, 2.45) is 11.8 Å². The second kappa shape index (κ2) is 7.05. The van der Waals surface area contributed by atoms with Gasteiger partial charge in [-0.15, -0.1) is 0 Å². The molecule has 0 aromatic heterocycles. The van der Waals surface area contributed by atoms with Crippen LogP contribution in [-0.2, 0) is 4.74 Å². The van der Waals surface area contributed by atoms with E-state index in [0.29, 0.717) is 17.9 Å². The topological polar surface area (TPSA) is 9.23 Å². The molecule has 2 atom stereocenters. The number of hydrogen-bond donors (Lipinski definition) is 0. The van der Waals surface area contributed by atoms with Crippen LogP contribution in [0.15, 0.2) is 12.2 Å². The number of allylic oxidation sites excluding steroid dienone is 1. The van der Waals surface area contributed by atoms with Gasteiger partial charge in [-0.3, -0.25) is 0 Å². The number of rotatable bonds is 5. The molecule has 1 heteroatoms. The Labute approximate surface area is 94.9 Å². The van der Waals surface area contributed by atoms with Crippen molar-refractivity contribution in [3.05, 3.63) is 12.2 Å². The Morgan fingerprint density at radius 1 is 1.40 bits per heavy atom. The van der Waals surface area contributed by atoms with Gasteiger partial charge in [0.25, 0.3) is 0 Å². The molecule has 1 rings (SSSR count). The summed E-state index contributed by atoms with van der Waals surface area (Å²) in [6, 6.07) is 0. The van der Waals surface area contributed by atoms with E-state index >= 15 is 0 Å². The molecule has 88 valence electrons. The molecule has 0 aromatic rings. The highest BCUT2D eigenvalue weighted by Crippen LogP contribution is 2.27. The molecule has 0 bridgehead atoms. The first kappa shape index (κ1) is 12.8. The van der Waals surface area contributed by atoms with Gasteiger partial charge in [-0.25, -0.2) is 0 Å². The van der Waals surface area contributed by atoms with Crippen LogP contribution in [-0.4, -0.2) is 12.7 Å². The van der Waals surface area contributed by atoms with Crippen molar-refractivity contribution in [3.8, 4) is 0 Å². The summed E-state index contributed by atoms with van der Waals surface area (Å²) in [6.07, 6.45) is 11.6. The monoisotopic (exact) mass is 210 g/mol. The Bertz CT molecular complexity index is 184. The van der Waals surface area contributed by atoms with E-state index in [1.165, 1.54) is 32.1 Å². The first-order valence-electron chi connectivity index (χ1n) is 6.54. The fraction of sp³-hybridized carbons (Fsp3) is 0.857. The average Bonchev–Trinajstić information content (AvgIpc) is 2.25. The molecule has 0 aromatic carbocycles. The van der Waals surface area contributed by atoms with Gasteiger partial charge in [0.15, 0.2) is 0 Å². The van der Waals surface area contributed by atoms with E-state index in [-0.39, 0.29) is 0 Å². The van der Waals surface area contributed by atoms with E-state index in [4.69, 9.17) is 4.74 Å². The summed E-state index contributed by atoms with van der Waals surface area (Å²) in [5, 5.41) is 0. The fourth-order valence-electron chi connectivity index (χ4n) is 2.31. The lowest BCUT2D eigenvalue weighted by molar-refractivity contribution is -0.0376. The van der Waals surface area contributed by atoms with E-state index in [1.54, 1.807) is 0 Å². The minimum atomic E-state index is 0.455. The van der Waals surface area contributed by atoms with Crippen LogP contribution < -0.4 is 0 Å². The predicted molar refractivity (Wildman–Crippen MR) is 66.0 cm³/mol. The molecule has 0 aliphatic carbocycles. The van der Waals surface area contributed by atoms with E-state index in [9.17, 15) is 0 Å². The zero-order chi connectivity index (χ0) is 11.1. The number of unbranched alkanes of at least 4 members (excludes halogenated alkanes) is 2. The standard InChI is InChI=1S/C14H26O/c1-4-5-6-7-9-13-10-8-11-15-14(13)12(2)3/h7,9,12-14H,4-6,8,10-11H2,1-3H3/b9-7+/t13-,14+/m1/s1. The maximum Gasteiger partial charge on any atom is 0.0660 e. The van der Waals surface area contributed by atoms with E-state index in [1.807, 2.05) is 0 Å². The summed E-state index contributed by atoms with van der Waals surface area (Å²) < 4.78 is 5.86. The number of hydrogen-bond acceptors (Lipinski definition) is 1. The van der Waals surface area contributed by atoms with E-state index < -0.39 is 0 Å². The van der Waals surface area contributed by atoms with Gasteiger partial charge in [0, 0.05) is 12.5 Å². The van der Waals surface area contributed by atoms with Gasteiger partial charge in [0.05, 0.1) is 6.10 Å². The Kier molecular flexibility index (Phi) is 6.00. The molecule has 0 saturated carbocycles. The quantitative estimate of drug-likeness (QED) is 0.488. The molecular formula is C14H26O. The zero-order valence-electron chi connectivity index (χ0n) is 10.5. The first-order valence-corrected chi connectivity index (χ1v) is 6.54. The van der Waals surface area contributed by atoms with Crippen LogP contribution in [0.25, 0.3) is 0 Å². The lowest BCUT2D eigenvalue weighted by atomic mass is 9.87. The molecule has 1 saturated heterocycles. The third-order valence-corrected chi connectivity index (χ3v) is 3.18. The van der Waals surface area contributed by atoms with Gasteiger partial charge in [0.2, 0.25) is 0 Å². The van der Waals surface area contributed by atoms with Crippen molar-refractivity contribution >= 4 is 0 Å². The smallest absolute Gasteiger partial charge is 0.0660 e. The first-order chi connectivity index (χ1) is 7.25. The molecule has 0 spiro atoms. The molecular weight excluding hydrogens is 184 g/mol. The van der Waals surface area contributed by atoms with Crippen molar-refractivity contribution < 1.29 is 4.74 Å². The van der Waals surface area contributed by atoms with Crippen molar-refractivity contribution in [2.45, 2.75) is 59.0 Å². The van der Waals surface area contributed by atoms with Crippen LogP contribution in [0.5, 0.6) is 0 Å². The van der Waals surface area contributed by atoms with Gasteiger partial charge in [-0.05, 0) is 25.2 Å². The van der Waals surface area contributed by atoms with Gasteiger partial charge in [-0.2, -0.15) is 0 Å². The summed E-state index contributed by atoms with van der Waals surface area (Å²) in [7, 11) is 0. The highest BCUT2D eigenvalue weighted by atomic mass is 16.5. The molecule has 15 heavy (non-hydrogen) atoms. The maximum atomic E-state index is 5.86. The largest absolute Gasteiger partial charge is 0.377 e. The Balaban J connectivity index is 2.38. The SMILES string of the molecule is CCCC/C=C/[C@@H]1CCCO[C@H]1C(C)C. The normalized spacial score (nSPS) is 27.7. The van der Waals surface area contributed by atoms with Crippen LogP contribution in [0.4, 0.5) is 0 Å². The van der Waals surface area contributed by atoms with E-state index in [0.717, 1.165) is 6.61 Å². The van der Waals surface area contributed by atoms with Crippen molar-refractivity contribution in [3.63, 3.8) is 0 Å². The van der Waals surface area contributed by atoms with E-state index in [2.05, 4.69) is 32.9 Å². The third-order valence-electron chi connectivity index (χ3n) is 3.18. The summed E-state index contributed by atoms with van der Waals surface area (Å²) in [5.41, 5.74) is 0. The Morgan fingerprint density at radius 3 is 2.87 bits per heavy atom. The minimum absolute atomic E-state index is 0.455. The molecule has 0 radical (unpaired) electrons. The van der Waals surface area contributed by atoms with Gasteiger partial charge >= 0.3 is 0 Å². The highest BCUT2D eigenvalue weighted by molar-refractivity contribution is 4.94.